The monoisotopic (exact) mass is 362 g/mol. The van der Waals surface area contributed by atoms with Gasteiger partial charge in [0.05, 0.1) is 17.0 Å². The molecule has 1 saturated heterocycles. The van der Waals surface area contributed by atoms with Gasteiger partial charge in [0.25, 0.3) is 0 Å². The summed E-state index contributed by atoms with van der Waals surface area (Å²) in [6, 6.07) is 20.4. The van der Waals surface area contributed by atoms with E-state index in [1.54, 1.807) is 0 Å². The minimum Gasteiger partial charge on any atom is -0.396 e. The van der Waals surface area contributed by atoms with Crippen LogP contribution in [0.1, 0.15) is 24.5 Å². The number of hydrogen-bond acceptors (Lipinski definition) is 5. The largest absolute Gasteiger partial charge is 0.396 e. The Labute approximate surface area is 161 Å². The molecule has 1 aliphatic rings. The van der Waals surface area contributed by atoms with Gasteiger partial charge in [-0.2, -0.15) is 5.26 Å². The predicted octanol–water partition coefficient (Wildman–Crippen LogP) is 3.51. The van der Waals surface area contributed by atoms with Gasteiger partial charge in [0.1, 0.15) is 12.7 Å². The fourth-order valence-electron chi connectivity index (χ4n) is 3.34. The normalized spacial score (nSPS) is 15.4. The van der Waals surface area contributed by atoms with Crippen LogP contribution in [0.25, 0.3) is 0 Å². The lowest BCUT2D eigenvalue weighted by Gasteiger charge is -2.36. The number of rotatable bonds is 7. The van der Waals surface area contributed by atoms with Crippen LogP contribution in [0.4, 0.5) is 5.69 Å². The smallest absolute Gasteiger partial charge is 0.114 e. The Morgan fingerprint density at radius 2 is 1.74 bits per heavy atom. The Morgan fingerprint density at radius 3 is 2.44 bits per heavy atom. The van der Waals surface area contributed by atoms with E-state index in [9.17, 15) is 5.26 Å². The number of nitriles is 1. The van der Waals surface area contributed by atoms with Crippen LogP contribution < -0.4 is 4.90 Å². The van der Waals surface area contributed by atoms with Gasteiger partial charge in [-0.1, -0.05) is 47.6 Å². The van der Waals surface area contributed by atoms with E-state index in [2.05, 4.69) is 33.2 Å². The minimum absolute atomic E-state index is 0.577. The van der Waals surface area contributed by atoms with Crippen molar-refractivity contribution in [2.75, 3.05) is 44.2 Å². The lowest BCUT2D eigenvalue weighted by Crippen LogP contribution is -2.47. The third-order valence-corrected chi connectivity index (χ3v) is 4.81. The minimum atomic E-state index is 0.577. The number of nitrogens with zero attached hydrogens (tertiary/aromatic N) is 4. The predicted molar refractivity (Wildman–Crippen MR) is 109 cm³/mol. The maximum atomic E-state index is 9.31. The summed E-state index contributed by atoms with van der Waals surface area (Å²) in [5.74, 6) is 0. The summed E-state index contributed by atoms with van der Waals surface area (Å²) < 4.78 is 0. The molecule has 1 fully saturated rings. The van der Waals surface area contributed by atoms with Crippen molar-refractivity contribution in [1.82, 2.24) is 4.90 Å². The number of anilines is 1. The molecule has 2 aromatic rings. The van der Waals surface area contributed by atoms with Crippen LogP contribution in [0.15, 0.2) is 59.8 Å². The fourth-order valence-corrected chi connectivity index (χ4v) is 3.34. The molecule has 2 aromatic carbocycles. The zero-order valence-electron chi connectivity index (χ0n) is 15.8. The molecule has 0 aliphatic carbocycles. The van der Waals surface area contributed by atoms with Crippen LogP contribution in [0, 0.1) is 11.3 Å². The van der Waals surface area contributed by atoms with Crippen molar-refractivity contribution in [2.24, 2.45) is 5.16 Å². The fraction of sp³-hybridized carbons (Fsp3) is 0.364. The van der Waals surface area contributed by atoms with E-state index in [0.29, 0.717) is 6.61 Å². The summed E-state index contributed by atoms with van der Waals surface area (Å²) in [6.45, 7) is 7.31. The van der Waals surface area contributed by atoms with E-state index in [4.69, 9.17) is 4.84 Å². The molecule has 5 heteroatoms. The average molecular weight is 362 g/mol. The molecule has 3 rings (SSSR count). The Morgan fingerprint density at radius 1 is 1.04 bits per heavy atom. The molecule has 0 spiro atoms. The van der Waals surface area contributed by atoms with Gasteiger partial charge in [-0.3, -0.25) is 4.90 Å². The summed E-state index contributed by atoms with van der Waals surface area (Å²) in [4.78, 5) is 10.1. The highest BCUT2D eigenvalue weighted by Crippen LogP contribution is 2.21. The molecular weight excluding hydrogens is 336 g/mol. The van der Waals surface area contributed by atoms with Gasteiger partial charge < -0.3 is 9.74 Å². The number of para-hydroxylation sites is 1. The Hall–Kier alpha value is -2.84. The zero-order chi connectivity index (χ0) is 18.9. The maximum absolute atomic E-state index is 9.31. The number of hydrogen-bond donors (Lipinski definition) is 0. The first-order valence-corrected chi connectivity index (χ1v) is 9.52. The van der Waals surface area contributed by atoms with Gasteiger partial charge in [0, 0.05) is 39.1 Å². The van der Waals surface area contributed by atoms with Gasteiger partial charge in [0.2, 0.25) is 0 Å². The number of benzene rings is 2. The second-order valence-electron chi connectivity index (χ2n) is 6.53. The van der Waals surface area contributed by atoms with E-state index in [1.807, 2.05) is 49.4 Å². The lowest BCUT2D eigenvalue weighted by atomic mass is 10.1. The van der Waals surface area contributed by atoms with Crippen molar-refractivity contribution in [2.45, 2.75) is 13.3 Å². The van der Waals surface area contributed by atoms with Crippen molar-refractivity contribution in [3.8, 4) is 6.07 Å². The average Bonchev–Trinajstić information content (AvgIpc) is 2.75. The molecule has 0 aromatic heterocycles. The first kappa shape index (κ1) is 18.9. The highest BCUT2D eigenvalue weighted by Gasteiger charge is 2.19. The summed E-state index contributed by atoms with van der Waals surface area (Å²) in [5, 5.41) is 13.6. The van der Waals surface area contributed by atoms with Crippen molar-refractivity contribution >= 4 is 11.4 Å². The van der Waals surface area contributed by atoms with Gasteiger partial charge in [0.15, 0.2) is 0 Å². The SMILES string of the molecule is CCO/N=C(\CCN1CCN(c2ccccc2C#N)CC1)c1ccccc1. The van der Waals surface area contributed by atoms with E-state index in [0.717, 1.165) is 61.7 Å². The Balaban J connectivity index is 1.56. The molecule has 0 amide bonds. The van der Waals surface area contributed by atoms with Gasteiger partial charge in [-0.25, -0.2) is 0 Å². The summed E-state index contributed by atoms with van der Waals surface area (Å²) >= 11 is 0. The van der Waals surface area contributed by atoms with Crippen molar-refractivity contribution in [1.29, 1.82) is 5.26 Å². The molecule has 1 aliphatic heterocycles. The molecule has 0 bridgehead atoms. The quantitative estimate of drug-likeness (QED) is 0.559. The summed E-state index contributed by atoms with van der Waals surface area (Å²) in [7, 11) is 0. The van der Waals surface area contributed by atoms with E-state index in [1.165, 1.54) is 0 Å². The van der Waals surface area contributed by atoms with Crippen LogP contribution in [0.5, 0.6) is 0 Å². The standard InChI is InChI=1S/C22H26N4O/c1-2-27-24-21(19-8-4-3-5-9-19)12-13-25-14-16-26(17-15-25)22-11-7-6-10-20(22)18-23/h3-11H,2,12-17H2,1H3/b24-21+. The molecule has 0 unspecified atom stereocenters. The van der Waals surface area contributed by atoms with Crippen LogP contribution in [0.3, 0.4) is 0 Å². The van der Waals surface area contributed by atoms with Crippen LogP contribution in [-0.2, 0) is 4.84 Å². The number of piperazine rings is 1. The molecule has 0 atom stereocenters. The molecule has 0 N–H and O–H groups in total. The van der Waals surface area contributed by atoms with Gasteiger partial charge in [-0.05, 0) is 24.6 Å². The molecule has 27 heavy (non-hydrogen) atoms. The van der Waals surface area contributed by atoms with Crippen molar-refractivity contribution in [3.63, 3.8) is 0 Å². The summed E-state index contributed by atoms with van der Waals surface area (Å²) in [6.07, 6.45) is 0.860. The van der Waals surface area contributed by atoms with Crippen molar-refractivity contribution < 1.29 is 4.84 Å². The van der Waals surface area contributed by atoms with E-state index < -0.39 is 0 Å². The molecular formula is C22H26N4O. The first-order valence-electron chi connectivity index (χ1n) is 9.52. The third-order valence-electron chi connectivity index (χ3n) is 4.81. The Bertz CT molecular complexity index is 789. The first-order chi connectivity index (χ1) is 13.3. The second kappa shape index (κ2) is 9.75. The van der Waals surface area contributed by atoms with E-state index in [-0.39, 0.29) is 0 Å². The van der Waals surface area contributed by atoms with Gasteiger partial charge in [-0.15, -0.1) is 0 Å². The highest BCUT2D eigenvalue weighted by atomic mass is 16.6. The van der Waals surface area contributed by atoms with Crippen LogP contribution in [0.2, 0.25) is 0 Å². The third kappa shape index (κ3) is 5.08. The summed E-state index contributed by atoms with van der Waals surface area (Å²) in [5.41, 5.74) is 3.91. The van der Waals surface area contributed by atoms with Crippen LogP contribution in [-0.4, -0.2) is 49.9 Å². The molecule has 1 heterocycles. The molecule has 0 radical (unpaired) electrons. The molecule has 0 saturated carbocycles. The van der Waals surface area contributed by atoms with Gasteiger partial charge >= 0.3 is 0 Å². The molecule has 5 nitrogen and oxygen atoms in total. The lowest BCUT2D eigenvalue weighted by molar-refractivity contribution is 0.157. The number of oxime groups is 1. The zero-order valence-corrected chi connectivity index (χ0v) is 15.8. The van der Waals surface area contributed by atoms with Crippen LogP contribution >= 0.6 is 0 Å². The second-order valence-corrected chi connectivity index (χ2v) is 6.53. The topological polar surface area (TPSA) is 51.9 Å². The van der Waals surface area contributed by atoms with Crippen molar-refractivity contribution in [3.05, 3.63) is 65.7 Å². The Kier molecular flexibility index (Phi) is 6.84. The highest BCUT2D eigenvalue weighted by molar-refractivity contribution is 6.00. The maximum Gasteiger partial charge on any atom is 0.114 e. The molecule has 140 valence electrons. The van der Waals surface area contributed by atoms with E-state index >= 15 is 0 Å².